The molecule has 1 aliphatic rings. The predicted molar refractivity (Wildman–Crippen MR) is 76.3 cm³/mol. The summed E-state index contributed by atoms with van der Waals surface area (Å²) < 4.78 is 0. The van der Waals surface area contributed by atoms with Crippen LogP contribution < -0.4 is 0 Å². The number of hydrogen-bond acceptors (Lipinski definition) is 2. The Morgan fingerprint density at radius 1 is 1.37 bits per heavy atom. The average Bonchev–Trinajstić information content (AvgIpc) is 2.86. The van der Waals surface area contributed by atoms with Crippen LogP contribution in [0.15, 0.2) is 30.3 Å². The maximum atomic E-state index is 11.4. The number of rotatable bonds is 5. The van der Waals surface area contributed by atoms with Crippen molar-refractivity contribution >= 4 is 5.97 Å². The molecule has 3 heteroatoms. The van der Waals surface area contributed by atoms with E-state index >= 15 is 0 Å². The first-order chi connectivity index (χ1) is 9.08. The molecule has 2 atom stereocenters. The van der Waals surface area contributed by atoms with Gasteiger partial charge in [-0.2, -0.15) is 0 Å². The van der Waals surface area contributed by atoms with E-state index in [0.29, 0.717) is 11.8 Å². The molecule has 19 heavy (non-hydrogen) atoms. The molecule has 0 amide bonds. The number of aliphatic carboxylic acids is 1. The van der Waals surface area contributed by atoms with Crippen molar-refractivity contribution in [3.63, 3.8) is 0 Å². The molecule has 1 unspecified atom stereocenters. The van der Waals surface area contributed by atoms with Gasteiger partial charge in [-0.3, -0.25) is 9.69 Å². The van der Waals surface area contributed by atoms with Crippen LogP contribution in [0.25, 0.3) is 0 Å². The Morgan fingerprint density at radius 3 is 2.63 bits per heavy atom. The molecule has 1 fully saturated rings. The topological polar surface area (TPSA) is 40.5 Å². The van der Waals surface area contributed by atoms with Gasteiger partial charge in [-0.25, -0.2) is 0 Å². The van der Waals surface area contributed by atoms with Gasteiger partial charge in [0, 0.05) is 6.54 Å². The first-order valence-electron chi connectivity index (χ1n) is 7.09. The summed E-state index contributed by atoms with van der Waals surface area (Å²) >= 11 is 0. The minimum atomic E-state index is -0.678. The molecule has 0 aromatic heterocycles. The minimum Gasteiger partial charge on any atom is -0.480 e. The second kappa shape index (κ2) is 6.20. The highest BCUT2D eigenvalue weighted by atomic mass is 16.4. The molecule has 1 heterocycles. The maximum absolute atomic E-state index is 11.4. The van der Waals surface area contributed by atoms with Gasteiger partial charge in [-0.15, -0.1) is 0 Å². The summed E-state index contributed by atoms with van der Waals surface area (Å²) in [6, 6.07) is 10.1. The molecule has 3 nitrogen and oxygen atoms in total. The van der Waals surface area contributed by atoms with Crippen molar-refractivity contribution in [3.8, 4) is 0 Å². The molecule has 1 aliphatic heterocycles. The van der Waals surface area contributed by atoms with Gasteiger partial charge < -0.3 is 5.11 Å². The van der Waals surface area contributed by atoms with Crippen molar-refractivity contribution in [3.05, 3.63) is 35.9 Å². The first kappa shape index (κ1) is 14.1. The van der Waals surface area contributed by atoms with Gasteiger partial charge in [-0.05, 0) is 36.8 Å². The lowest BCUT2D eigenvalue weighted by atomic mass is 9.98. The smallest absolute Gasteiger partial charge is 0.320 e. The van der Waals surface area contributed by atoms with Crippen molar-refractivity contribution in [2.45, 2.75) is 38.6 Å². The molecule has 0 saturated carbocycles. The van der Waals surface area contributed by atoms with E-state index in [1.807, 2.05) is 6.07 Å². The lowest BCUT2D eigenvalue weighted by Gasteiger charge is -2.25. The number of carbonyl (C=O) groups is 1. The Morgan fingerprint density at radius 2 is 2.05 bits per heavy atom. The van der Waals surface area contributed by atoms with E-state index in [1.54, 1.807) is 0 Å². The molecule has 0 spiro atoms. The van der Waals surface area contributed by atoms with Gasteiger partial charge >= 0.3 is 5.97 Å². The van der Waals surface area contributed by atoms with E-state index in [-0.39, 0.29) is 6.04 Å². The van der Waals surface area contributed by atoms with Crippen LogP contribution in [0.2, 0.25) is 0 Å². The van der Waals surface area contributed by atoms with E-state index in [4.69, 9.17) is 0 Å². The second-order valence-corrected chi connectivity index (χ2v) is 5.87. The normalized spacial score (nSPS) is 21.7. The van der Waals surface area contributed by atoms with Crippen LogP contribution >= 0.6 is 0 Å². The summed E-state index contributed by atoms with van der Waals surface area (Å²) in [5.74, 6) is 0.217. The number of nitrogens with zero attached hydrogens (tertiary/aromatic N) is 1. The lowest BCUT2D eigenvalue weighted by Crippen LogP contribution is -2.40. The van der Waals surface area contributed by atoms with E-state index in [9.17, 15) is 9.90 Å². The third-order valence-corrected chi connectivity index (χ3v) is 3.91. The number of hydrogen-bond donors (Lipinski definition) is 1. The van der Waals surface area contributed by atoms with E-state index in [0.717, 1.165) is 25.9 Å². The third kappa shape index (κ3) is 3.57. The van der Waals surface area contributed by atoms with E-state index in [1.165, 1.54) is 5.56 Å². The van der Waals surface area contributed by atoms with Crippen LogP contribution in [0.3, 0.4) is 0 Å². The van der Waals surface area contributed by atoms with Crippen LogP contribution in [-0.2, 0) is 4.79 Å². The molecule has 1 aromatic rings. The van der Waals surface area contributed by atoms with Crippen LogP contribution in [0.4, 0.5) is 0 Å². The summed E-state index contributed by atoms with van der Waals surface area (Å²) in [5, 5.41) is 9.40. The summed E-state index contributed by atoms with van der Waals surface area (Å²) in [5.41, 5.74) is 1.33. The summed E-state index contributed by atoms with van der Waals surface area (Å²) in [4.78, 5) is 13.6. The molecule has 1 N–H and O–H groups in total. The van der Waals surface area contributed by atoms with Crippen LogP contribution in [0.5, 0.6) is 0 Å². The largest absolute Gasteiger partial charge is 0.480 e. The van der Waals surface area contributed by atoms with Crippen LogP contribution in [0.1, 0.15) is 38.2 Å². The fourth-order valence-corrected chi connectivity index (χ4v) is 2.92. The summed E-state index contributed by atoms with van der Waals surface area (Å²) in [6.45, 7) is 5.93. The number of carboxylic acid groups (broad SMARTS) is 1. The van der Waals surface area contributed by atoms with Crippen molar-refractivity contribution < 1.29 is 9.90 Å². The Balaban J connectivity index is 2.02. The van der Waals surface area contributed by atoms with Gasteiger partial charge in [0.1, 0.15) is 6.04 Å². The zero-order valence-electron chi connectivity index (χ0n) is 11.7. The average molecular weight is 261 g/mol. The molecular weight excluding hydrogens is 238 g/mol. The molecule has 0 bridgehead atoms. The van der Waals surface area contributed by atoms with Gasteiger partial charge in [0.2, 0.25) is 0 Å². The Kier molecular flexibility index (Phi) is 4.59. The van der Waals surface area contributed by atoms with Gasteiger partial charge in [-0.1, -0.05) is 44.2 Å². The van der Waals surface area contributed by atoms with Gasteiger partial charge in [0.15, 0.2) is 0 Å². The maximum Gasteiger partial charge on any atom is 0.320 e. The highest BCUT2D eigenvalue weighted by molar-refractivity contribution is 5.73. The number of benzene rings is 1. The first-order valence-corrected chi connectivity index (χ1v) is 7.09. The fraction of sp³-hybridized carbons (Fsp3) is 0.562. The predicted octanol–water partition coefficient (Wildman–Crippen LogP) is 2.98. The molecule has 0 radical (unpaired) electrons. The van der Waals surface area contributed by atoms with Crippen molar-refractivity contribution in [2.75, 3.05) is 13.1 Å². The standard InChI is InChI=1S/C16H23NO2/c1-12(2)10-15(16(18)19)17-9-8-14(11-17)13-6-4-3-5-7-13/h3-7,12,14-15H,8-11H2,1-2H3,(H,18,19)/t14?,15-/m1/s1. The van der Waals surface area contributed by atoms with Crippen LogP contribution in [-0.4, -0.2) is 35.1 Å². The zero-order valence-corrected chi connectivity index (χ0v) is 11.7. The Hall–Kier alpha value is -1.35. The summed E-state index contributed by atoms with van der Waals surface area (Å²) in [6.07, 6.45) is 1.79. The fourth-order valence-electron chi connectivity index (χ4n) is 2.92. The molecular formula is C16H23NO2. The molecule has 0 aliphatic carbocycles. The van der Waals surface area contributed by atoms with E-state index < -0.39 is 5.97 Å². The molecule has 2 rings (SSSR count). The quantitative estimate of drug-likeness (QED) is 0.886. The molecule has 104 valence electrons. The Bertz CT molecular complexity index is 416. The molecule has 1 saturated heterocycles. The van der Waals surface area contributed by atoms with Gasteiger partial charge in [0.05, 0.1) is 0 Å². The minimum absolute atomic E-state index is 0.325. The summed E-state index contributed by atoms with van der Waals surface area (Å²) in [7, 11) is 0. The molecule has 1 aromatic carbocycles. The third-order valence-electron chi connectivity index (χ3n) is 3.91. The SMILES string of the molecule is CC(C)C[C@H](C(=O)O)N1CCC(c2ccccc2)C1. The van der Waals surface area contributed by atoms with Crippen molar-refractivity contribution in [1.29, 1.82) is 0 Å². The Labute approximate surface area is 115 Å². The van der Waals surface area contributed by atoms with E-state index in [2.05, 4.69) is 43.0 Å². The highest BCUT2D eigenvalue weighted by Crippen LogP contribution is 2.29. The lowest BCUT2D eigenvalue weighted by molar-refractivity contribution is -0.143. The van der Waals surface area contributed by atoms with Crippen molar-refractivity contribution in [1.82, 2.24) is 4.90 Å². The highest BCUT2D eigenvalue weighted by Gasteiger charge is 2.33. The number of likely N-dealkylation sites (tertiary alicyclic amines) is 1. The second-order valence-electron chi connectivity index (χ2n) is 5.87. The van der Waals surface area contributed by atoms with Gasteiger partial charge in [0.25, 0.3) is 0 Å². The van der Waals surface area contributed by atoms with Crippen molar-refractivity contribution in [2.24, 2.45) is 5.92 Å². The number of carboxylic acids is 1. The monoisotopic (exact) mass is 261 g/mol. The zero-order chi connectivity index (χ0) is 13.8. The van der Waals surface area contributed by atoms with Crippen LogP contribution in [0, 0.1) is 5.92 Å².